The van der Waals surface area contributed by atoms with E-state index in [9.17, 15) is 19.0 Å². The second kappa shape index (κ2) is 9.82. The van der Waals surface area contributed by atoms with Crippen molar-refractivity contribution in [1.82, 2.24) is 4.90 Å². The summed E-state index contributed by atoms with van der Waals surface area (Å²) in [5.74, 6) is -0.256. The fourth-order valence-electron chi connectivity index (χ4n) is 2.36. The predicted octanol–water partition coefficient (Wildman–Crippen LogP) is 2.96. The Hall–Kier alpha value is -1.54. The van der Waals surface area contributed by atoms with Crippen molar-refractivity contribution in [2.75, 3.05) is 26.3 Å². The maximum atomic E-state index is 13.9. The SMILES string of the molecule is OCCN(Cc1cc(Br)ccc1F)CC(O)COc1ccc(F)cc1. The molecule has 0 saturated heterocycles. The van der Waals surface area contributed by atoms with E-state index < -0.39 is 6.10 Å². The van der Waals surface area contributed by atoms with Crippen molar-refractivity contribution < 1.29 is 23.7 Å². The smallest absolute Gasteiger partial charge is 0.127 e. The van der Waals surface area contributed by atoms with Gasteiger partial charge in [0.15, 0.2) is 0 Å². The Morgan fingerprint density at radius 3 is 2.52 bits per heavy atom. The summed E-state index contributed by atoms with van der Waals surface area (Å²) in [5.41, 5.74) is 0.467. The molecule has 2 aromatic rings. The van der Waals surface area contributed by atoms with Crippen LogP contribution in [0.25, 0.3) is 0 Å². The van der Waals surface area contributed by atoms with Crippen LogP contribution in [0.1, 0.15) is 5.56 Å². The number of rotatable bonds is 9. The van der Waals surface area contributed by atoms with Crippen molar-refractivity contribution in [3.63, 3.8) is 0 Å². The average molecular weight is 416 g/mol. The number of aliphatic hydroxyl groups excluding tert-OH is 2. The third-order valence-corrected chi connectivity index (χ3v) is 4.04. The Labute approximate surface area is 153 Å². The fraction of sp³-hybridized carbons (Fsp3) is 0.333. The van der Waals surface area contributed by atoms with E-state index in [-0.39, 0.29) is 37.9 Å². The summed E-state index contributed by atoms with van der Waals surface area (Å²) in [5, 5.41) is 19.3. The van der Waals surface area contributed by atoms with Gasteiger partial charge in [0.05, 0.1) is 6.61 Å². The summed E-state index contributed by atoms with van der Waals surface area (Å²) in [7, 11) is 0. The van der Waals surface area contributed by atoms with Gasteiger partial charge in [0, 0.05) is 29.7 Å². The first-order valence-corrected chi connectivity index (χ1v) is 8.61. The summed E-state index contributed by atoms with van der Waals surface area (Å²) in [6.07, 6.45) is -0.841. The Kier molecular flexibility index (Phi) is 7.77. The zero-order valence-electron chi connectivity index (χ0n) is 13.5. The fourth-order valence-corrected chi connectivity index (χ4v) is 2.76. The maximum Gasteiger partial charge on any atom is 0.127 e. The van der Waals surface area contributed by atoms with E-state index in [0.717, 1.165) is 4.47 Å². The van der Waals surface area contributed by atoms with E-state index in [1.54, 1.807) is 17.0 Å². The maximum absolute atomic E-state index is 13.9. The van der Waals surface area contributed by atoms with Crippen molar-refractivity contribution in [2.24, 2.45) is 0 Å². The van der Waals surface area contributed by atoms with E-state index >= 15 is 0 Å². The van der Waals surface area contributed by atoms with Crippen LogP contribution in [0.2, 0.25) is 0 Å². The van der Waals surface area contributed by atoms with E-state index in [1.165, 1.54) is 30.3 Å². The van der Waals surface area contributed by atoms with Crippen LogP contribution >= 0.6 is 15.9 Å². The number of ether oxygens (including phenoxy) is 1. The Morgan fingerprint density at radius 2 is 1.84 bits per heavy atom. The molecule has 1 unspecified atom stereocenters. The molecule has 0 aromatic heterocycles. The summed E-state index contributed by atoms with van der Waals surface area (Å²) in [6.45, 7) is 0.641. The molecule has 1 atom stereocenters. The lowest BCUT2D eigenvalue weighted by Gasteiger charge is -2.24. The highest BCUT2D eigenvalue weighted by molar-refractivity contribution is 9.10. The van der Waals surface area contributed by atoms with Gasteiger partial charge in [-0.2, -0.15) is 0 Å². The van der Waals surface area contributed by atoms with Crippen molar-refractivity contribution >= 4 is 15.9 Å². The zero-order valence-corrected chi connectivity index (χ0v) is 15.1. The monoisotopic (exact) mass is 415 g/mol. The molecule has 25 heavy (non-hydrogen) atoms. The van der Waals surface area contributed by atoms with Gasteiger partial charge in [0.2, 0.25) is 0 Å². The molecule has 0 radical (unpaired) electrons. The molecule has 0 amide bonds. The van der Waals surface area contributed by atoms with E-state index in [1.807, 2.05) is 0 Å². The van der Waals surface area contributed by atoms with Gasteiger partial charge in [-0.05, 0) is 42.5 Å². The molecular formula is C18H20BrF2NO3. The molecule has 0 heterocycles. The molecule has 2 aromatic carbocycles. The number of hydrogen-bond acceptors (Lipinski definition) is 4. The van der Waals surface area contributed by atoms with Crippen molar-refractivity contribution in [2.45, 2.75) is 12.6 Å². The molecule has 0 bridgehead atoms. The summed E-state index contributed by atoms with van der Waals surface area (Å²) >= 11 is 3.30. The third kappa shape index (κ3) is 6.70. The topological polar surface area (TPSA) is 52.9 Å². The molecule has 4 nitrogen and oxygen atoms in total. The highest BCUT2D eigenvalue weighted by atomic mass is 79.9. The minimum absolute atomic E-state index is 0.00846. The van der Waals surface area contributed by atoms with Gasteiger partial charge in [-0.3, -0.25) is 4.90 Å². The largest absolute Gasteiger partial charge is 0.491 e. The van der Waals surface area contributed by atoms with Gasteiger partial charge < -0.3 is 14.9 Å². The normalized spacial score (nSPS) is 12.4. The van der Waals surface area contributed by atoms with Crippen molar-refractivity contribution in [1.29, 1.82) is 0 Å². The van der Waals surface area contributed by atoms with Crippen LogP contribution in [-0.4, -0.2) is 47.5 Å². The standard InChI is InChI=1S/C18H20BrF2NO3/c19-14-1-6-18(21)13(9-14)10-22(7-8-23)11-16(24)12-25-17-4-2-15(20)3-5-17/h1-6,9,16,23-24H,7-8,10-12H2. The lowest BCUT2D eigenvalue weighted by atomic mass is 10.2. The highest BCUT2D eigenvalue weighted by Gasteiger charge is 2.15. The van der Waals surface area contributed by atoms with Crippen LogP contribution in [0.15, 0.2) is 46.9 Å². The third-order valence-electron chi connectivity index (χ3n) is 3.54. The number of nitrogens with zero attached hydrogens (tertiary/aromatic N) is 1. The van der Waals surface area contributed by atoms with E-state index in [4.69, 9.17) is 4.74 Å². The van der Waals surface area contributed by atoms with Crippen LogP contribution in [0.4, 0.5) is 8.78 Å². The van der Waals surface area contributed by atoms with Crippen LogP contribution in [0, 0.1) is 11.6 Å². The molecular weight excluding hydrogens is 396 g/mol. The lowest BCUT2D eigenvalue weighted by molar-refractivity contribution is 0.0586. The van der Waals surface area contributed by atoms with Gasteiger partial charge in [0.1, 0.15) is 30.1 Å². The van der Waals surface area contributed by atoms with Crippen molar-refractivity contribution in [3.05, 3.63) is 64.1 Å². The summed E-state index contributed by atoms with van der Waals surface area (Å²) in [4.78, 5) is 1.74. The first-order chi connectivity index (χ1) is 12.0. The second-order valence-corrected chi connectivity index (χ2v) is 6.53. The minimum Gasteiger partial charge on any atom is -0.491 e. The quantitative estimate of drug-likeness (QED) is 0.660. The molecule has 0 aliphatic carbocycles. The van der Waals surface area contributed by atoms with Crippen LogP contribution in [0.5, 0.6) is 5.75 Å². The predicted molar refractivity (Wildman–Crippen MR) is 94.4 cm³/mol. The summed E-state index contributed by atoms with van der Waals surface area (Å²) < 4.78 is 32.9. The molecule has 136 valence electrons. The second-order valence-electron chi connectivity index (χ2n) is 5.61. The van der Waals surface area contributed by atoms with E-state index in [2.05, 4.69) is 15.9 Å². The molecule has 0 saturated carbocycles. The van der Waals surface area contributed by atoms with Gasteiger partial charge in [-0.15, -0.1) is 0 Å². The first kappa shape index (κ1) is 19.8. The zero-order chi connectivity index (χ0) is 18.2. The van der Waals surface area contributed by atoms with Gasteiger partial charge in [-0.1, -0.05) is 15.9 Å². The molecule has 0 aliphatic rings. The van der Waals surface area contributed by atoms with Crippen LogP contribution in [-0.2, 0) is 6.54 Å². The number of halogens is 3. The number of aliphatic hydroxyl groups is 2. The highest BCUT2D eigenvalue weighted by Crippen LogP contribution is 2.17. The Balaban J connectivity index is 1.90. The molecule has 0 aliphatic heterocycles. The van der Waals surface area contributed by atoms with Crippen LogP contribution in [0.3, 0.4) is 0 Å². The molecule has 7 heteroatoms. The average Bonchev–Trinajstić information content (AvgIpc) is 2.58. The van der Waals surface area contributed by atoms with Gasteiger partial charge in [0.25, 0.3) is 0 Å². The van der Waals surface area contributed by atoms with E-state index in [0.29, 0.717) is 17.9 Å². The number of hydrogen-bond donors (Lipinski definition) is 2. The Morgan fingerprint density at radius 1 is 1.12 bits per heavy atom. The molecule has 0 fully saturated rings. The Bertz CT molecular complexity index is 670. The molecule has 2 N–H and O–H groups in total. The summed E-state index contributed by atoms with van der Waals surface area (Å²) in [6, 6.07) is 10.1. The number of benzene rings is 2. The van der Waals surface area contributed by atoms with Crippen LogP contribution < -0.4 is 4.74 Å². The molecule has 2 rings (SSSR count). The minimum atomic E-state index is -0.841. The molecule has 0 spiro atoms. The first-order valence-electron chi connectivity index (χ1n) is 7.81. The van der Waals surface area contributed by atoms with Crippen molar-refractivity contribution in [3.8, 4) is 5.75 Å². The van der Waals surface area contributed by atoms with Gasteiger partial charge >= 0.3 is 0 Å². The lowest BCUT2D eigenvalue weighted by Crippen LogP contribution is -2.37. The van der Waals surface area contributed by atoms with Gasteiger partial charge in [-0.25, -0.2) is 8.78 Å².